The van der Waals surface area contributed by atoms with E-state index in [0.717, 1.165) is 0 Å². The van der Waals surface area contributed by atoms with Crippen molar-refractivity contribution in [1.82, 2.24) is 15.2 Å². The summed E-state index contributed by atoms with van der Waals surface area (Å²) in [5.74, 6) is 0.452. The van der Waals surface area contributed by atoms with E-state index in [1.165, 1.54) is 0 Å². The van der Waals surface area contributed by atoms with Gasteiger partial charge in [0.05, 0.1) is 6.07 Å². The van der Waals surface area contributed by atoms with Gasteiger partial charge in [0.1, 0.15) is 6.54 Å². The van der Waals surface area contributed by atoms with Crippen LogP contribution in [0.3, 0.4) is 0 Å². The summed E-state index contributed by atoms with van der Waals surface area (Å²) in [5.41, 5.74) is 6.08. The van der Waals surface area contributed by atoms with E-state index in [-0.39, 0.29) is 18.4 Å². The van der Waals surface area contributed by atoms with Crippen molar-refractivity contribution < 1.29 is 0 Å². The molecule has 0 aliphatic rings. The lowest BCUT2D eigenvalue weighted by molar-refractivity contribution is 0.994. The fourth-order valence-corrected chi connectivity index (χ4v) is 1.94. The van der Waals surface area contributed by atoms with Crippen LogP contribution < -0.4 is 10.6 Å². The van der Waals surface area contributed by atoms with Gasteiger partial charge in [0.2, 0.25) is 5.95 Å². The van der Waals surface area contributed by atoms with Crippen molar-refractivity contribution in [3.8, 4) is 6.07 Å². The van der Waals surface area contributed by atoms with Gasteiger partial charge >= 0.3 is 0 Å². The Hall–Kier alpha value is -1.97. The summed E-state index contributed by atoms with van der Waals surface area (Å²) in [6, 6.07) is 6.95. The van der Waals surface area contributed by atoms with E-state index in [2.05, 4.69) is 15.2 Å². The highest BCUT2D eigenvalue weighted by Crippen LogP contribution is 2.28. The number of benzene rings is 1. The predicted molar refractivity (Wildman–Crippen MR) is 69.9 cm³/mol. The van der Waals surface area contributed by atoms with E-state index in [1.54, 1.807) is 23.1 Å². The SMILES string of the molecule is N#CCN(c1cc(Cl)cc(Cl)c1)c1n[nH]c(N)n1. The quantitative estimate of drug-likeness (QED) is 0.843. The smallest absolute Gasteiger partial charge is 0.251 e. The highest BCUT2D eigenvalue weighted by atomic mass is 35.5. The second-order valence-electron chi connectivity index (χ2n) is 3.39. The summed E-state index contributed by atoms with van der Waals surface area (Å²) in [7, 11) is 0. The average Bonchev–Trinajstić information content (AvgIpc) is 2.71. The molecule has 0 radical (unpaired) electrons. The summed E-state index contributed by atoms with van der Waals surface area (Å²) in [6.07, 6.45) is 0. The molecule has 0 saturated carbocycles. The number of H-pyrrole nitrogens is 1. The van der Waals surface area contributed by atoms with E-state index < -0.39 is 0 Å². The van der Waals surface area contributed by atoms with Gasteiger partial charge in [0.15, 0.2) is 0 Å². The summed E-state index contributed by atoms with van der Waals surface area (Å²) < 4.78 is 0. The fourth-order valence-electron chi connectivity index (χ4n) is 1.43. The van der Waals surface area contributed by atoms with Crippen molar-refractivity contribution in [1.29, 1.82) is 5.26 Å². The first-order valence-electron chi connectivity index (χ1n) is 4.88. The average molecular weight is 283 g/mol. The molecule has 6 nitrogen and oxygen atoms in total. The summed E-state index contributed by atoms with van der Waals surface area (Å²) in [5, 5.41) is 16.2. The van der Waals surface area contributed by atoms with Crippen LogP contribution in [-0.4, -0.2) is 21.7 Å². The number of nitrogens with two attached hydrogens (primary N) is 1. The Bertz CT molecular complexity index is 582. The molecule has 0 saturated heterocycles. The Balaban J connectivity index is 2.44. The van der Waals surface area contributed by atoms with E-state index in [1.807, 2.05) is 6.07 Å². The predicted octanol–water partition coefficient (Wildman–Crippen LogP) is 2.36. The Morgan fingerprint density at radius 2 is 2.00 bits per heavy atom. The molecule has 1 aromatic carbocycles. The molecule has 0 aliphatic heterocycles. The molecule has 3 N–H and O–H groups in total. The first kappa shape index (κ1) is 12.5. The topological polar surface area (TPSA) is 94.6 Å². The number of aromatic nitrogens is 3. The fraction of sp³-hybridized carbons (Fsp3) is 0.100. The highest BCUT2D eigenvalue weighted by molar-refractivity contribution is 6.35. The molecule has 0 aliphatic carbocycles. The second-order valence-corrected chi connectivity index (χ2v) is 4.27. The van der Waals surface area contributed by atoms with Gasteiger partial charge in [0.25, 0.3) is 5.95 Å². The van der Waals surface area contributed by atoms with Crippen LogP contribution in [0.15, 0.2) is 18.2 Å². The second kappa shape index (κ2) is 5.12. The lowest BCUT2D eigenvalue weighted by Gasteiger charge is -2.17. The van der Waals surface area contributed by atoms with Crippen LogP contribution in [0.4, 0.5) is 17.6 Å². The molecule has 2 aromatic rings. The summed E-state index contributed by atoms with van der Waals surface area (Å²) >= 11 is 11.8. The molecular weight excluding hydrogens is 275 g/mol. The van der Waals surface area contributed by atoms with Crippen molar-refractivity contribution in [3.63, 3.8) is 0 Å². The standard InChI is InChI=1S/C10H8Cl2N6/c11-6-3-7(12)5-8(4-6)18(2-1-13)10-15-9(14)16-17-10/h3-5H,2H2,(H3,14,15,16,17). The van der Waals surface area contributed by atoms with Crippen LogP contribution in [0.5, 0.6) is 0 Å². The molecule has 0 fully saturated rings. The van der Waals surface area contributed by atoms with Gasteiger partial charge in [-0.1, -0.05) is 23.2 Å². The van der Waals surface area contributed by atoms with Gasteiger partial charge in [-0.15, -0.1) is 5.10 Å². The number of nitrogen functional groups attached to an aromatic ring is 1. The zero-order chi connectivity index (χ0) is 13.1. The molecule has 92 valence electrons. The van der Waals surface area contributed by atoms with Crippen molar-refractivity contribution in [2.75, 3.05) is 17.2 Å². The zero-order valence-corrected chi connectivity index (χ0v) is 10.6. The maximum absolute atomic E-state index is 8.85. The molecule has 18 heavy (non-hydrogen) atoms. The molecule has 2 rings (SSSR count). The zero-order valence-electron chi connectivity index (χ0n) is 9.06. The third kappa shape index (κ3) is 2.64. The molecule has 0 bridgehead atoms. The maximum atomic E-state index is 8.85. The van der Waals surface area contributed by atoms with Crippen molar-refractivity contribution in [2.45, 2.75) is 0 Å². The summed E-state index contributed by atoms with van der Waals surface area (Å²) in [4.78, 5) is 5.51. The molecule has 1 aromatic heterocycles. The van der Waals surface area contributed by atoms with E-state index in [4.69, 9.17) is 34.2 Å². The van der Waals surface area contributed by atoms with Crippen molar-refractivity contribution >= 4 is 40.8 Å². The normalized spacial score (nSPS) is 10.1. The van der Waals surface area contributed by atoms with Crippen LogP contribution in [0.1, 0.15) is 0 Å². The van der Waals surface area contributed by atoms with Gasteiger partial charge in [-0.25, -0.2) is 5.10 Å². The third-order valence-electron chi connectivity index (χ3n) is 2.12. The van der Waals surface area contributed by atoms with Gasteiger partial charge in [-0.2, -0.15) is 10.2 Å². The molecule has 0 atom stereocenters. The molecule has 1 heterocycles. The summed E-state index contributed by atoms with van der Waals surface area (Å²) in [6.45, 7) is 0.0496. The monoisotopic (exact) mass is 282 g/mol. The Morgan fingerprint density at radius 3 is 2.50 bits per heavy atom. The number of nitrogens with zero attached hydrogens (tertiary/aromatic N) is 4. The van der Waals surface area contributed by atoms with Crippen LogP contribution in [-0.2, 0) is 0 Å². The van der Waals surface area contributed by atoms with E-state index in [9.17, 15) is 0 Å². The van der Waals surface area contributed by atoms with Crippen molar-refractivity contribution in [2.24, 2.45) is 0 Å². The third-order valence-corrected chi connectivity index (χ3v) is 2.56. The molecule has 0 spiro atoms. The van der Waals surface area contributed by atoms with Crippen LogP contribution in [0.25, 0.3) is 0 Å². The Labute approximate surface area is 113 Å². The molecule has 0 unspecified atom stereocenters. The number of hydrogen-bond acceptors (Lipinski definition) is 5. The van der Waals surface area contributed by atoms with E-state index >= 15 is 0 Å². The minimum Gasteiger partial charge on any atom is -0.368 e. The van der Waals surface area contributed by atoms with Crippen LogP contribution in [0.2, 0.25) is 10.0 Å². The number of anilines is 3. The number of aromatic amines is 1. The largest absolute Gasteiger partial charge is 0.368 e. The maximum Gasteiger partial charge on any atom is 0.251 e. The first-order valence-corrected chi connectivity index (χ1v) is 5.64. The minimum atomic E-state index is 0.0496. The van der Waals surface area contributed by atoms with Crippen LogP contribution >= 0.6 is 23.2 Å². The van der Waals surface area contributed by atoms with Gasteiger partial charge in [-0.05, 0) is 18.2 Å². The number of nitriles is 1. The van der Waals surface area contributed by atoms with Gasteiger partial charge in [-0.3, -0.25) is 4.90 Å². The molecular formula is C10H8Cl2N6. The number of nitrogens with one attached hydrogen (secondary N) is 1. The van der Waals surface area contributed by atoms with Crippen molar-refractivity contribution in [3.05, 3.63) is 28.2 Å². The number of rotatable bonds is 3. The Morgan fingerprint density at radius 1 is 1.33 bits per heavy atom. The van der Waals surface area contributed by atoms with Gasteiger partial charge in [0, 0.05) is 15.7 Å². The van der Waals surface area contributed by atoms with Crippen LogP contribution in [0, 0.1) is 11.3 Å². The van der Waals surface area contributed by atoms with E-state index in [0.29, 0.717) is 15.7 Å². The first-order chi connectivity index (χ1) is 8.60. The van der Waals surface area contributed by atoms with Gasteiger partial charge < -0.3 is 5.73 Å². The number of hydrogen-bond donors (Lipinski definition) is 2. The lowest BCUT2D eigenvalue weighted by Crippen LogP contribution is -2.18. The number of halogens is 2. The minimum absolute atomic E-state index is 0.0496. The molecule has 0 amide bonds. The lowest BCUT2D eigenvalue weighted by atomic mass is 10.3. The highest BCUT2D eigenvalue weighted by Gasteiger charge is 2.14. The molecule has 8 heteroatoms. The Kier molecular flexibility index (Phi) is 3.55.